The van der Waals surface area contributed by atoms with Gasteiger partial charge in [-0.3, -0.25) is 4.79 Å². The smallest absolute Gasteiger partial charge is 0.255 e. The van der Waals surface area contributed by atoms with Crippen molar-refractivity contribution in [2.75, 3.05) is 11.9 Å². The molecule has 23 heavy (non-hydrogen) atoms. The fraction of sp³-hybridized carbons (Fsp3) is 0.316. The van der Waals surface area contributed by atoms with Gasteiger partial charge in [0.25, 0.3) is 5.91 Å². The first kappa shape index (κ1) is 17.5. The quantitative estimate of drug-likeness (QED) is 0.730. The normalized spacial score (nSPS) is 10.7. The van der Waals surface area contributed by atoms with E-state index in [0.717, 1.165) is 27.9 Å². The van der Waals surface area contributed by atoms with Crippen LogP contribution in [0.1, 0.15) is 36.2 Å². The zero-order valence-electron chi connectivity index (χ0n) is 13.7. The maximum Gasteiger partial charge on any atom is 0.255 e. The Hall–Kier alpha value is -1.81. The molecule has 2 aromatic rings. The molecule has 0 aliphatic carbocycles. The van der Waals surface area contributed by atoms with Crippen LogP contribution in [0.2, 0.25) is 0 Å². The average molecular weight is 376 g/mol. The number of benzene rings is 2. The molecule has 0 heterocycles. The van der Waals surface area contributed by atoms with Crippen molar-refractivity contribution in [3.8, 4) is 5.75 Å². The lowest BCUT2D eigenvalue weighted by atomic mass is 10.1. The van der Waals surface area contributed by atoms with Crippen LogP contribution >= 0.6 is 15.9 Å². The van der Waals surface area contributed by atoms with Crippen LogP contribution in [-0.2, 0) is 0 Å². The second-order valence-corrected chi connectivity index (χ2v) is 6.85. The topological polar surface area (TPSA) is 38.3 Å². The summed E-state index contributed by atoms with van der Waals surface area (Å²) in [7, 11) is 0. The van der Waals surface area contributed by atoms with Gasteiger partial charge in [0.2, 0.25) is 0 Å². The van der Waals surface area contributed by atoms with Crippen molar-refractivity contribution in [2.45, 2.75) is 27.2 Å². The van der Waals surface area contributed by atoms with Crippen LogP contribution in [0, 0.1) is 12.8 Å². The van der Waals surface area contributed by atoms with Gasteiger partial charge in [-0.2, -0.15) is 0 Å². The van der Waals surface area contributed by atoms with Crippen LogP contribution in [-0.4, -0.2) is 12.5 Å². The van der Waals surface area contributed by atoms with Gasteiger partial charge in [0.1, 0.15) is 5.75 Å². The van der Waals surface area contributed by atoms with Gasteiger partial charge in [0, 0.05) is 10.0 Å². The molecular formula is C19H22BrNO2. The third-order valence-corrected chi connectivity index (χ3v) is 4.11. The minimum atomic E-state index is -0.136. The molecule has 0 saturated carbocycles. The van der Waals surface area contributed by atoms with Crippen LogP contribution < -0.4 is 10.1 Å². The zero-order chi connectivity index (χ0) is 16.8. The molecule has 122 valence electrons. The van der Waals surface area contributed by atoms with Crippen molar-refractivity contribution in [1.82, 2.24) is 0 Å². The molecule has 0 aliphatic heterocycles. The fourth-order valence-corrected chi connectivity index (χ4v) is 2.62. The van der Waals surface area contributed by atoms with Crippen molar-refractivity contribution in [1.29, 1.82) is 0 Å². The van der Waals surface area contributed by atoms with Crippen LogP contribution in [0.5, 0.6) is 5.75 Å². The number of nitrogens with one attached hydrogen (secondary N) is 1. The van der Waals surface area contributed by atoms with Gasteiger partial charge in [-0.1, -0.05) is 19.9 Å². The molecular weight excluding hydrogens is 354 g/mol. The molecule has 0 atom stereocenters. The monoisotopic (exact) mass is 375 g/mol. The highest BCUT2D eigenvalue weighted by molar-refractivity contribution is 9.10. The van der Waals surface area contributed by atoms with Crippen molar-refractivity contribution < 1.29 is 9.53 Å². The van der Waals surface area contributed by atoms with Crippen LogP contribution in [0.3, 0.4) is 0 Å². The van der Waals surface area contributed by atoms with Gasteiger partial charge in [0.05, 0.1) is 12.3 Å². The lowest BCUT2D eigenvalue weighted by molar-refractivity contribution is 0.102. The number of carbonyl (C=O) groups excluding carboxylic acids is 1. The van der Waals surface area contributed by atoms with Crippen molar-refractivity contribution >= 4 is 27.5 Å². The number of amides is 1. The molecule has 0 unspecified atom stereocenters. The number of anilines is 1. The van der Waals surface area contributed by atoms with E-state index in [1.54, 1.807) is 12.1 Å². The first-order valence-corrected chi connectivity index (χ1v) is 8.55. The summed E-state index contributed by atoms with van der Waals surface area (Å²) in [5, 5.41) is 2.90. The Bertz CT molecular complexity index is 666. The molecule has 0 saturated heterocycles. The third-order valence-electron chi connectivity index (χ3n) is 3.45. The summed E-state index contributed by atoms with van der Waals surface area (Å²) in [6.07, 6.45) is 1.02. The maximum atomic E-state index is 12.3. The summed E-state index contributed by atoms with van der Waals surface area (Å²) in [4.78, 5) is 12.3. The summed E-state index contributed by atoms with van der Waals surface area (Å²) in [5.41, 5.74) is 2.50. The molecule has 0 aliphatic rings. The predicted octanol–water partition coefficient (Wildman–Crippen LogP) is 5.43. The Kier molecular flexibility index (Phi) is 6.22. The summed E-state index contributed by atoms with van der Waals surface area (Å²) < 4.78 is 6.54. The molecule has 2 aromatic carbocycles. The Labute approximate surface area is 146 Å². The van der Waals surface area contributed by atoms with E-state index in [0.29, 0.717) is 18.1 Å². The molecule has 0 bridgehead atoms. The van der Waals surface area contributed by atoms with Crippen LogP contribution in [0.4, 0.5) is 5.69 Å². The molecule has 0 aromatic heterocycles. The minimum Gasteiger partial charge on any atom is -0.494 e. The number of hydrogen-bond donors (Lipinski definition) is 1. The molecule has 4 heteroatoms. The number of ether oxygens (including phenoxy) is 1. The van der Waals surface area contributed by atoms with E-state index in [1.165, 1.54) is 0 Å². The van der Waals surface area contributed by atoms with Crippen molar-refractivity contribution in [3.63, 3.8) is 0 Å². The van der Waals surface area contributed by atoms with Gasteiger partial charge < -0.3 is 10.1 Å². The van der Waals surface area contributed by atoms with E-state index >= 15 is 0 Å². The number of carbonyl (C=O) groups is 1. The summed E-state index contributed by atoms with van der Waals surface area (Å²) in [5.74, 6) is 1.27. The Morgan fingerprint density at radius 3 is 2.48 bits per heavy atom. The number of hydrogen-bond acceptors (Lipinski definition) is 2. The fourth-order valence-electron chi connectivity index (χ4n) is 2.03. The molecule has 2 rings (SSSR count). The number of rotatable bonds is 6. The van der Waals surface area contributed by atoms with E-state index in [-0.39, 0.29) is 5.91 Å². The molecule has 0 fully saturated rings. The average Bonchev–Trinajstić information content (AvgIpc) is 2.50. The summed E-state index contributed by atoms with van der Waals surface area (Å²) >= 11 is 3.47. The van der Waals surface area contributed by atoms with Crippen molar-refractivity contribution in [3.05, 3.63) is 58.1 Å². The minimum absolute atomic E-state index is 0.136. The lowest BCUT2D eigenvalue weighted by Gasteiger charge is -2.10. The van der Waals surface area contributed by atoms with Crippen LogP contribution in [0.15, 0.2) is 46.9 Å². The Morgan fingerprint density at radius 2 is 1.87 bits per heavy atom. The van der Waals surface area contributed by atoms with Gasteiger partial charge in [-0.05, 0) is 77.2 Å². The van der Waals surface area contributed by atoms with E-state index in [1.807, 2.05) is 37.3 Å². The Morgan fingerprint density at radius 1 is 1.17 bits per heavy atom. The number of aryl methyl sites for hydroxylation is 1. The highest BCUT2D eigenvalue weighted by Crippen LogP contribution is 2.24. The first-order valence-electron chi connectivity index (χ1n) is 7.76. The standard InChI is InChI=1S/C19H22BrNO2/c1-13(2)10-11-23-16-7-5-15(6-8-16)19(22)21-18-9-4-14(3)12-17(18)20/h4-9,12-13H,10-11H2,1-3H3,(H,21,22). The SMILES string of the molecule is Cc1ccc(NC(=O)c2ccc(OCCC(C)C)cc2)c(Br)c1. The van der Waals surface area contributed by atoms with Gasteiger partial charge in [-0.25, -0.2) is 0 Å². The lowest BCUT2D eigenvalue weighted by Crippen LogP contribution is -2.12. The maximum absolute atomic E-state index is 12.3. The molecule has 0 spiro atoms. The molecule has 3 nitrogen and oxygen atoms in total. The Balaban J connectivity index is 1.97. The second kappa shape index (κ2) is 8.16. The molecule has 1 N–H and O–H groups in total. The highest BCUT2D eigenvalue weighted by Gasteiger charge is 2.08. The third kappa shape index (κ3) is 5.39. The van der Waals surface area contributed by atoms with Gasteiger partial charge >= 0.3 is 0 Å². The van der Waals surface area contributed by atoms with E-state index in [2.05, 4.69) is 35.1 Å². The number of halogens is 1. The largest absolute Gasteiger partial charge is 0.494 e. The van der Waals surface area contributed by atoms with E-state index < -0.39 is 0 Å². The van der Waals surface area contributed by atoms with Gasteiger partial charge in [0.15, 0.2) is 0 Å². The van der Waals surface area contributed by atoms with Crippen LogP contribution in [0.25, 0.3) is 0 Å². The summed E-state index contributed by atoms with van der Waals surface area (Å²) in [6.45, 7) is 7.04. The zero-order valence-corrected chi connectivity index (χ0v) is 15.3. The molecule has 0 radical (unpaired) electrons. The van der Waals surface area contributed by atoms with Gasteiger partial charge in [-0.15, -0.1) is 0 Å². The molecule has 1 amide bonds. The van der Waals surface area contributed by atoms with Crippen molar-refractivity contribution in [2.24, 2.45) is 5.92 Å². The van der Waals surface area contributed by atoms with E-state index in [4.69, 9.17) is 4.74 Å². The summed E-state index contributed by atoms with van der Waals surface area (Å²) in [6, 6.07) is 13.1. The first-order chi connectivity index (χ1) is 11.0. The van der Waals surface area contributed by atoms with E-state index in [9.17, 15) is 4.79 Å². The second-order valence-electron chi connectivity index (χ2n) is 5.99. The predicted molar refractivity (Wildman–Crippen MR) is 98.2 cm³/mol. The highest BCUT2D eigenvalue weighted by atomic mass is 79.9.